The van der Waals surface area contributed by atoms with Crippen molar-refractivity contribution in [2.45, 2.75) is 19.1 Å². The second kappa shape index (κ2) is 7.68. The molecule has 0 radical (unpaired) electrons. The van der Waals surface area contributed by atoms with E-state index in [1.165, 1.54) is 0 Å². The lowest BCUT2D eigenvalue weighted by atomic mass is 10.2. The number of primary amides is 1. The molecular formula is C13H20N2O3. The Balaban J connectivity index is 2.43. The molecule has 0 saturated heterocycles. The van der Waals surface area contributed by atoms with Crippen LogP contribution in [-0.4, -0.2) is 32.7 Å². The third-order valence-electron chi connectivity index (χ3n) is 2.58. The van der Waals surface area contributed by atoms with E-state index in [9.17, 15) is 4.79 Å². The number of carbonyl (C=O) groups excluding carboxylic acids is 1. The Hall–Kier alpha value is -1.59. The van der Waals surface area contributed by atoms with Gasteiger partial charge in [0.05, 0.1) is 19.3 Å². The van der Waals surface area contributed by atoms with Crippen molar-refractivity contribution in [2.24, 2.45) is 5.73 Å². The van der Waals surface area contributed by atoms with Crippen molar-refractivity contribution in [3.05, 3.63) is 29.8 Å². The third-order valence-corrected chi connectivity index (χ3v) is 2.58. The third kappa shape index (κ3) is 4.73. The monoisotopic (exact) mass is 252 g/mol. The van der Waals surface area contributed by atoms with Gasteiger partial charge in [-0.2, -0.15) is 0 Å². The summed E-state index contributed by atoms with van der Waals surface area (Å²) in [5.74, 6) is 0.401. The first-order valence-corrected chi connectivity index (χ1v) is 5.84. The molecule has 5 nitrogen and oxygen atoms in total. The van der Waals surface area contributed by atoms with Gasteiger partial charge in [0.25, 0.3) is 0 Å². The Labute approximate surface area is 107 Å². The van der Waals surface area contributed by atoms with Gasteiger partial charge in [-0.3, -0.25) is 4.79 Å². The molecule has 0 aliphatic heterocycles. The number of likely N-dealkylation sites (N-methyl/N-ethyl adjacent to an activating group) is 1. The highest BCUT2D eigenvalue weighted by molar-refractivity contribution is 5.79. The minimum absolute atomic E-state index is 0.354. The first kappa shape index (κ1) is 14.5. The Kier molecular flexibility index (Phi) is 6.18. The number of rotatable bonds is 8. The van der Waals surface area contributed by atoms with Crippen molar-refractivity contribution in [3.8, 4) is 5.75 Å². The summed E-state index contributed by atoms with van der Waals surface area (Å²) in [4.78, 5) is 11.0. The molecule has 0 aliphatic rings. The van der Waals surface area contributed by atoms with Crippen LogP contribution in [-0.2, 0) is 16.1 Å². The van der Waals surface area contributed by atoms with Gasteiger partial charge in [-0.25, -0.2) is 0 Å². The average Bonchev–Trinajstić information content (AvgIpc) is 2.35. The molecule has 3 N–H and O–H groups in total. The van der Waals surface area contributed by atoms with E-state index in [2.05, 4.69) is 5.32 Å². The number of carbonyl (C=O) groups is 1. The van der Waals surface area contributed by atoms with Crippen molar-refractivity contribution >= 4 is 5.91 Å². The maximum absolute atomic E-state index is 11.0. The zero-order chi connectivity index (χ0) is 13.4. The fourth-order valence-electron chi connectivity index (χ4n) is 1.62. The normalized spacial score (nSPS) is 12.1. The number of hydrogen-bond donors (Lipinski definition) is 2. The van der Waals surface area contributed by atoms with Gasteiger partial charge in [-0.1, -0.05) is 12.1 Å². The Bertz CT molecular complexity index is 382. The predicted molar refractivity (Wildman–Crippen MR) is 69.3 cm³/mol. The minimum atomic E-state index is -0.366. The fourth-order valence-corrected chi connectivity index (χ4v) is 1.62. The zero-order valence-electron chi connectivity index (χ0n) is 10.8. The van der Waals surface area contributed by atoms with Gasteiger partial charge in [0.15, 0.2) is 0 Å². The van der Waals surface area contributed by atoms with Gasteiger partial charge in [-0.05, 0) is 24.7 Å². The topological polar surface area (TPSA) is 73.6 Å². The van der Waals surface area contributed by atoms with Crippen LogP contribution in [0.2, 0.25) is 0 Å². The molecule has 0 spiro atoms. The molecule has 5 heteroatoms. The number of methoxy groups -OCH3 is 1. The minimum Gasteiger partial charge on any atom is -0.494 e. The maximum atomic E-state index is 11.0. The molecule has 1 amide bonds. The van der Waals surface area contributed by atoms with Crippen LogP contribution in [0.15, 0.2) is 24.3 Å². The summed E-state index contributed by atoms with van der Waals surface area (Å²) in [6, 6.07) is 7.32. The molecule has 1 unspecified atom stereocenters. The summed E-state index contributed by atoms with van der Waals surface area (Å²) in [7, 11) is 3.35. The Morgan fingerprint density at radius 1 is 1.50 bits per heavy atom. The quantitative estimate of drug-likeness (QED) is 0.713. The van der Waals surface area contributed by atoms with Crippen LogP contribution in [0.5, 0.6) is 5.75 Å². The van der Waals surface area contributed by atoms with Crippen molar-refractivity contribution < 1.29 is 14.3 Å². The number of nitrogens with one attached hydrogen (secondary N) is 1. The Morgan fingerprint density at radius 2 is 2.28 bits per heavy atom. The van der Waals surface area contributed by atoms with Crippen LogP contribution in [0.4, 0.5) is 0 Å². The maximum Gasteiger partial charge on any atom is 0.234 e. The lowest BCUT2D eigenvalue weighted by Crippen LogP contribution is -2.40. The summed E-state index contributed by atoms with van der Waals surface area (Å²) in [5, 5.41) is 2.84. The van der Waals surface area contributed by atoms with Crippen LogP contribution < -0.4 is 15.8 Å². The summed E-state index contributed by atoms with van der Waals surface area (Å²) in [5.41, 5.74) is 6.27. The van der Waals surface area contributed by atoms with Crippen molar-refractivity contribution in [2.75, 3.05) is 20.8 Å². The number of ether oxygens (including phenoxy) is 2. The molecule has 1 rings (SSSR count). The first-order chi connectivity index (χ1) is 8.67. The standard InChI is InChI=1S/C13H20N2O3/c1-15-12(13(14)16)6-7-18-11-5-3-4-10(8-11)9-17-2/h3-5,8,12,15H,6-7,9H2,1-2H3,(H2,14,16). The van der Waals surface area contributed by atoms with Gasteiger partial charge in [0, 0.05) is 13.5 Å². The largest absolute Gasteiger partial charge is 0.494 e. The summed E-state index contributed by atoms with van der Waals surface area (Å²) >= 11 is 0. The molecule has 18 heavy (non-hydrogen) atoms. The number of amides is 1. The van der Waals surface area contributed by atoms with Gasteiger partial charge in [0.2, 0.25) is 5.91 Å². The second-order valence-corrected chi connectivity index (χ2v) is 3.96. The predicted octanol–water partition coefficient (Wildman–Crippen LogP) is 0.675. The fraction of sp³-hybridized carbons (Fsp3) is 0.462. The van der Waals surface area contributed by atoms with E-state index in [1.54, 1.807) is 14.2 Å². The molecule has 0 heterocycles. The molecule has 100 valence electrons. The van der Waals surface area contributed by atoms with E-state index >= 15 is 0 Å². The summed E-state index contributed by atoms with van der Waals surface area (Å²) in [6.45, 7) is 0.989. The lowest BCUT2D eigenvalue weighted by Gasteiger charge is -2.13. The SMILES string of the molecule is CNC(CCOc1cccc(COC)c1)C(N)=O. The number of nitrogens with two attached hydrogens (primary N) is 1. The second-order valence-electron chi connectivity index (χ2n) is 3.96. The van der Waals surface area contributed by atoms with E-state index in [0.717, 1.165) is 11.3 Å². The molecule has 0 aromatic heterocycles. The molecule has 1 atom stereocenters. The van der Waals surface area contributed by atoms with Crippen LogP contribution in [0.25, 0.3) is 0 Å². The summed E-state index contributed by atoms with van der Waals surface area (Å²) in [6.07, 6.45) is 0.542. The highest BCUT2D eigenvalue weighted by Crippen LogP contribution is 2.14. The van der Waals surface area contributed by atoms with Crippen molar-refractivity contribution in [1.82, 2.24) is 5.32 Å². The van der Waals surface area contributed by atoms with E-state index in [0.29, 0.717) is 19.6 Å². The summed E-state index contributed by atoms with van der Waals surface area (Å²) < 4.78 is 10.6. The molecule has 0 saturated carbocycles. The van der Waals surface area contributed by atoms with Crippen LogP contribution in [0, 0.1) is 0 Å². The van der Waals surface area contributed by atoms with Gasteiger partial charge >= 0.3 is 0 Å². The van der Waals surface area contributed by atoms with E-state index < -0.39 is 0 Å². The van der Waals surface area contributed by atoms with Crippen LogP contribution >= 0.6 is 0 Å². The van der Waals surface area contributed by atoms with E-state index in [-0.39, 0.29) is 11.9 Å². The highest BCUT2D eigenvalue weighted by Gasteiger charge is 2.12. The molecule has 0 aliphatic carbocycles. The molecule has 0 bridgehead atoms. The lowest BCUT2D eigenvalue weighted by molar-refractivity contribution is -0.120. The van der Waals surface area contributed by atoms with Crippen LogP contribution in [0.3, 0.4) is 0 Å². The van der Waals surface area contributed by atoms with Crippen molar-refractivity contribution in [3.63, 3.8) is 0 Å². The number of benzene rings is 1. The number of hydrogen-bond acceptors (Lipinski definition) is 4. The van der Waals surface area contributed by atoms with Gasteiger partial charge in [-0.15, -0.1) is 0 Å². The van der Waals surface area contributed by atoms with E-state index in [1.807, 2.05) is 24.3 Å². The van der Waals surface area contributed by atoms with Crippen molar-refractivity contribution in [1.29, 1.82) is 0 Å². The highest BCUT2D eigenvalue weighted by atomic mass is 16.5. The first-order valence-electron chi connectivity index (χ1n) is 5.84. The van der Waals surface area contributed by atoms with Crippen LogP contribution in [0.1, 0.15) is 12.0 Å². The zero-order valence-corrected chi connectivity index (χ0v) is 10.8. The molecular weight excluding hydrogens is 232 g/mol. The average molecular weight is 252 g/mol. The molecule has 1 aromatic carbocycles. The van der Waals surface area contributed by atoms with E-state index in [4.69, 9.17) is 15.2 Å². The smallest absolute Gasteiger partial charge is 0.234 e. The van der Waals surface area contributed by atoms with Gasteiger partial charge in [0.1, 0.15) is 5.75 Å². The van der Waals surface area contributed by atoms with Gasteiger partial charge < -0.3 is 20.5 Å². The Morgan fingerprint density at radius 3 is 2.89 bits per heavy atom. The molecule has 1 aromatic rings. The molecule has 0 fully saturated rings.